The average Bonchev–Trinajstić information content (AvgIpc) is 2.35. The summed E-state index contributed by atoms with van der Waals surface area (Å²) in [6.07, 6.45) is 0.397. The Morgan fingerprint density at radius 1 is 1.33 bits per heavy atom. The zero-order chi connectivity index (χ0) is 14.2. The van der Waals surface area contributed by atoms with Crippen LogP contribution in [-0.2, 0) is 14.3 Å². The van der Waals surface area contributed by atoms with Crippen molar-refractivity contribution >= 4 is 11.9 Å². The number of carboxylic acid groups (broad SMARTS) is 1. The summed E-state index contributed by atoms with van der Waals surface area (Å²) < 4.78 is 5.27. The Balaban J connectivity index is 4.56. The van der Waals surface area contributed by atoms with Crippen molar-refractivity contribution in [1.29, 1.82) is 0 Å². The summed E-state index contributed by atoms with van der Waals surface area (Å²) in [7, 11) is 0. The van der Waals surface area contributed by atoms with Crippen molar-refractivity contribution < 1.29 is 19.4 Å². The van der Waals surface area contributed by atoms with Crippen LogP contribution in [0.3, 0.4) is 0 Å². The molecule has 0 rings (SSSR count). The minimum absolute atomic E-state index is 0.0827. The Morgan fingerprint density at radius 3 is 2.22 bits per heavy atom. The molecule has 0 heterocycles. The van der Waals surface area contributed by atoms with Crippen LogP contribution >= 0.6 is 0 Å². The topological polar surface area (TPSA) is 102 Å². The smallest absolute Gasteiger partial charge is 0.329 e. The second kappa shape index (κ2) is 8.05. The molecule has 0 saturated carbocycles. The minimum Gasteiger partial charge on any atom is -0.480 e. The Labute approximate surface area is 108 Å². The fraction of sp³-hybridized carbons (Fsp3) is 0.833. The molecule has 0 aliphatic heterocycles. The number of aliphatic carboxylic acids is 1. The van der Waals surface area contributed by atoms with Crippen LogP contribution in [0.2, 0.25) is 0 Å². The third-order valence-electron chi connectivity index (χ3n) is 3.07. The van der Waals surface area contributed by atoms with Crippen LogP contribution in [0.5, 0.6) is 0 Å². The lowest BCUT2D eigenvalue weighted by Gasteiger charge is -2.28. The highest BCUT2D eigenvalue weighted by Gasteiger charge is 2.36. The molecule has 4 N–H and O–H groups in total. The maximum atomic E-state index is 11.8. The summed E-state index contributed by atoms with van der Waals surface area (Å²) in [5.41, 5.74) is 4.28. The second-order valence-corrected chi connectivity index (χ2v) is 4.16. The summed E-state index contributed by atoms with van der Waals surface area (Å²) in [5, 5.41) is 11.8. The van der Waals surface area contributed by atoms with Crippen LogP contribution in [0, 0.1) is 0 Å². The predicted molar refractivity (Wildman–Crippen MR) is 68.2 cm³/mol. The summed E-state index contributed by atoms with van der Waals surface area (Å²) in [6.45, 7) is 6.00. The van der Waals surface area contributed by atoms with Crippen molar-refractivity contribution in [3.63, 3.8) is 0 Å². The summed E-state index contributed by atoms with van der Waals surface area (Å²) in [5.74, 6) is -1.36. The highest BCUT2D eigenvalue weighted by Crippen LogP contribution is 2.16. The molecular formula is C12H24N2O4. The molecule has 18 heavy (non-hydrogen) atoms. The van der Waals surface area contributed by atoms with Gasteiger partial charge in [-0.1, -0.05) is 13.8 Å². The van der Waals surface area contributed by atoms with Crippen molar-refractivity contribution in [3.05, 3.63) is 0 Å². The Hall–Kier alpha value is -1.14. The van der Waals surface area contributed by atoms with Gasteiger partial charge >= 0.3 is 5.97 Å². The van der Waals surface area contributed by atoms with E-state index < -0.39 is 11.5 Å². The van der Waals surface area contributed by atoms with Gasteiger partial charge in [0.15, 0.2) is 0 Å². The second-order valence-electron chi connectivity index (χ2n) is 4.16. The van der Waals surface area contributed by atoms with Crippen LogP contribution < -0.4 is 11.1 Å². The average molecular weight is 260 g/mol. The van der Waals surface area contributed by atoms with Gasteiger partial charge in [0.25, 0.3) is 0 Å². The lowest BCUT2D eigenvalue weighted by molar-refractivity contribution is -0.148. The zero-order valence-corrected chi connectivity index (χ0v) is 11.4. The van der Waals surface area contributed by atoms with Crippen LogP contribution in [0.25, 0.3) is 0 Å². The minimum atomic E-state index is -1.19. The maximum Gasteiger partial charge on any atom is 0.329 e. The van der Waals surface area contributed by atoms with Gasteiger partial charge in [0.2, 0.25) is 5.91 Å². The highest BCUT2D eigenvalue weighted by atomic mass is 16.5. The van der Waals surface area contributed by atoms with E-state index in [1.54, 1.807) is 13.8 Å². The van der Waals surface area contributed by atoms with E-state index in [1.807, 2.05) is 6.92 Å². The molecule has 6 heteroatoms. The molecule has 0 aromatic carbocycles. The van der Waals surface area contributed by atoms with Crippen LogP contribution in [0.4, 0.5) is 0 Å². The number of carbonyl (C=O) groups excluding carboxylic acids is 1. The Kier molecular flexibility index (Phi) is 7.54. The van der Waals surface area contributed by atoms with Crippen LogP contribution in [0.15, 0.2) is 0 Å². The maximum absolute atomic E-state index is 11.8. The summed E-state index contributed by atoms with van der Waals surface area (Å²) in [6, 6.07) is 0. The van der Waals surface area contributed by atoms with Crippen LogP contribution in [-0.4, -0.2) is 41.8 Å². The van der Waals surface area contributed by atoms with Gasteiger partial charge in [-0.2, -0.15) is 0 Å². The molecule has 0 aliphatic carbocycles. The molecule has 1 amide bonds. The van der Waals surface area contributed by atoms with E-state index in [4.69, 9.17) is 10.5 Å². The number of hydrogen-bond donors (Lipinski definition) is 3. The number of nitrogens with two attached hydrogens (primary N) is 1. The van der Waals surface area contributed by atoms with Crippen molar-refractivity contribution in [2.24, 2.45) is 5.73 Å². The van der Waals surface area contributed by atoms with Gasteiger partial charge in [0.05, 0.1) is 12.5 Å². The van der Waals surface area contributed by atoms with E-state index in [0.717, 1.165) is 0 Å². The molecule has 106 valence electrons. The number of carboxylic acids is 1. The molecule has 1 unspecified atom stereocenters. The van der Waals surface area contributed by atoms with E-state index in [2.05, 4.69) is 5.32 Å². The summed E-state index contributed by atoms with van der Waals surface area (Å²) >= 11 is 0. The quantitative estimate of drug-likeness (QED) is 0.560. The first-order valence-electron chi connectivity index (χ1n) is 6.31. The molecule has 0 fully saturated rings. The van der Waals surface area contributed by atoms with Gasteiger partial charge in [0.1, 0.15) is 5.54 Å². The standard InChI is InChI=1S/C12H24N2O4/c1-4-12(5-2,11(16)17)14-10(15)7-9(8-13)18-6-3/h9H,4-8,13H2,1-3H3,(H,14,15)(H,16,17). The summed E-state index contributed by atoms with van der Waals surface area (Å²) in [4.78, 5) is 23.0. The zero-order valence-electron chi connectivity index (χ0n) is 11.4. The van der Waals surface area contributed by atoms with Gasteiger partial charge in [0, 0.05) is 13.2 Å². The van der Waals surface area contributed by atoms with Crippen LogP contribution in [0.1, 0.15) is 40.0 Å². The number of hydrogen-bond acceptors (Lipinski definition) is 4. The van der Waals surface area contributed by atoms with E-state index in [0.29, 0.717) is 19.4 Å². The molecule has 0 bridgehead atoms. The first kappa shape index (κ1) is 16.9. The number of nitrogens with one attached hydrogen (secondary N) is 1. The number of amides is 1. The molecule has 0 aliphatic rings. The third-order valence-corrected chi connectivity index (χ3v) is 3.07. The lowest BCUT2D eigenvalue weighted by atomic mass is 9.92. The molecule has 0 aromatic rings. The third kappa shape index (κ3) is 4.62. The van der Waals surface area contributed by atoms with Gasteiger partial charge < -0.3 is 20.9 Å². The predicted octanol–water partition coefficient (Wildman–Crippen LogP) is 0.500. The lowest BCUT2D eigenvalue weighted by Crippen LogP contribution is -2.54. The molecule has 1 atom stereocenters. The fourth-order valence-corrected chi connectivity index (χ4v) is 1.75. The highest BCUT2D eigenvalue weighted by molar-refractivity contribution is 5.87. The normalized spacial score (nSPS) is 13.1. The molecule has 6 nitrogen and oxygen atoms in total. The molecule has 0 radical (unpaired) electrons. The fourth-order valence-electron chi connectivity index (χ4n) is 1.75. The number of ether oxygens (including phenoxy) is 1. The van der Waals surface area contributed by atoms with E-state index in [9.17, 15) is 14.7 Å². The van der Waals surface area contributed by atoms with Gasteiger partial charge in [-0.15, -0.1) is 0 Å². The van der Waals surface area contributed by atoms with Crippen molar-refractivity contribution in [1.82, 2.24) is 5.32 Å². The van der Waals surface area contributed by atoms with Crippen molar-refractivity contribution in [3.8, 4) is 0 Å². The van der Waals surface area contributed by atoms with E-state index >= 15 is 0 Å². The van der Waals surface area contributed by atoms with Gasteiger partial charge in [-0.3, -0.25) is 4.79 Å². The van der Waals surface area contributed by atoms with E-state index in [-0.39, 0.29) is 25.0 Å². The molecule has 0 saturated heterocycles. The van der Waals surface area contributed by atoms with Gasteiger partial charge in [-0.05, 0) is 19.8 Å². The largest absolute Gasteiger partial charge is 0.480 e. The monoisotopic (exact) mass is 260 g/mol. The Bertz CT molecular complexity index is 277. The van der Waals surface area contributed by atoms with Crippen molar-refractivity contribution in [2.75, 3.05) is 13.2 Å². The Morgan fingerprint density at radius 2 is 1.89 bits per heavy atom. The van der Waals surface area contributed by atoms with Crippen molar-refractivity contribution in [2.45, 2.75) is 51.7 Å². The molecular weight excluding hydrogens is 236 g/mol. The van der Waals surface area contributed by atoms with Gasteiger partial charge in [-0.25, -0.2) is 4.79 Å². The first-order chi connectivity index (χ1) is 8.45. The number of carbonyl (C=O) groups is 2. The molecule has 0 aromatic heterocycles. The first-order valence-corrected chi connectivity index (χ1v) is 6.31. The molecule has 0 spiro atoms. The SMILES string of the molecule is CCOC(CN)CC(=O)NC(CC)(CC)C(=O)O. The number of rotatable bonds is 9. The van der Waals surface area contributed by atoms with E-state index in [1.165, 1.54) is 0 Å².